The van der Waals surface area contributed by atoms with Gasteiger partial charge >= 0.3 is 0 Å². The second kappa shape index (κ2) is 8.59. The molecule has 0 aliphatic heterocycles. The first-order chi connectivity index (χ1) is 16.1. The van der Waals surface area contributed by atoms with E-state index in [9.17, 15) is 4.79 Å². The van der Waals surface area contributed by atoms with Crippen molar-refractivity contribution in [1.82, 2.24) is 14.8 Å². The first-order valence-corrected chi connectivity index (χ1v) is 10.6. The Morgan fingerprint density at radius 1 is 0.909 bits per heavy atom. The Morgan fingerprint density at radius 3 is 2.45 bits per heavy atom. The molecule has 0 atom stereocenters. The average molecular weight is 434 g/mol. The summed E-state index contributed by atoms with van der Waals surface area (Å²) in [4.78, 5) is 17.8. The molecule has 0 saturated heterocycles. The van der Waals surface area contributed by atoms with Gasteiger partial charge in [0.1, 0.15) is 5.75 Å². The third kappa shape index (κ3) is 4.06. The van der Waals surface area contributed by atoms with Crippen LogP contribution < -0.4 is 10.1 Å². The Morgan fingerprint density at radius 2 is 1.67 bits per heavy atom. The van der Waals surface area contributed by atoms with Crippen molar-refractivity contribution >= 4 is 22.4 Å². The van der Waals surface area contributed by atoms with Gasteiger partial charge in [0.25, 0.3) is 5.91 Å². The van der Waals surface area contributed by atoms with Crippen LogP contribution in [0, 0.1) is 6.92 Å². The largest absolute Gasteiger partial charge is 0.497 e. The molecule has 0 bridgehead atoms. The minimum Gasteiger partial charge on any atom is -0.497 e. The van der Waals surface area contributed by atoms with E-state index in [1.54, 1.807) is 11.8 Å². The molecule has 0 aliphatic rings. The van der Waals surface area contributed by atoms with Crippen molar-refractivity contribution in [3.05, 3.63) is 102 Å². The fraction of sp³-hybridized carbons (Fsp3) is 0.0741. The van der Waals surface area contributed by atoms with Crippen LogP contribution in [0.5, 0.6) is 5.75 Å². The summed E-state index contributed by atoms with van der Waals surface area (Å²) >= 11 is 0. The van der Waals surface area contributed by atoms with Crippen molar-refractivity contribution < 1.29 is 9.53 Å². The van der Waals surface area contributed by atoms with E-state index in [1.807, 2.05) is 97.9 Å². The van der Waals surface area contributed by atoms with Gasteiger partial charge in [0, 0.05) is 16.6 Å². The second-order valence-electron chi connectivity index (χ2n) is 7.72. The predicted molar refractivity (Wildman–Crippen MR) is 130 cm³/mol. The molecule has 1 amide bonds. The van der Waals surface area contributed by atoms with Crippen LogP contribution in [0.25, 0.3) is 27.8 Å². The van der Waals surface area contributed by atoms with E-state index in [1.165, 1.54) is 0 Å². The molecule has 1 heterocycles. The Balaban J connectivity index is 1.56. The van der Waals surface area contributed by atoms with Crippen molar-refractivity contribution in [1.29, 1.82) is 0 Å². The number of amides is 1. The summed E-state index contributed by atoms with van der Waals surface area (Å²) in [5.74, 6) is 1.06. The molecule has 0 saturated carbocycles. The Hall–Kier alpha value is -4.45. The zero-order valence-electron chi connectivity index (χ0n) is 18.3. The van der Waals surface area contributed by atoms with Gasteiger partial charge in [-0.05, 0) is 48.7 Å². The zero-order valence-corrected chi connectivity index (χ0v) is 18.3. The Kier molecular flexibility index (Phi) is 5.32. The molecule has 0 radical (unpaired) electrons. The molecule has 4 aromatic carbocycles. The number of carbonyl (C=O) groups is 1. The highest BCUT2D eigenvalue weighted by atomic mass is 16.5. The molecule has 33 heavy (non-hydrogen) atoms. The molecule has 0 spiro atoms. The number of fused-ring (bicyclic) bond motifs is 1. The molecule has 6 heteroatoms. The highest BCUT2D eigenvalue weighted by Crippen LogP contribution is 2.26. The summed E-state index contributed by atoms with van der Waals surface area (Å²) in [6, 6.07) is 29.2. The van der Waals surface area contributed by atoms with Gasteiger partial charge in [0.15, 0.2) is 5.82 Å². The number of carbonyl (C=O) groups excluding carboxylic acids is 1. The summed E-state index contributed by atoms with van der Waals surface area (Å²) < 4.78 is 6.96. The van der Waals surface area contributed by atoms with E-state index >= 15 is 0 Å². The van der Waals surface area contributed by atoms with Crippen LogP contribution in [0.15, 0.2) is 91.0 Å². The van der Waals surface area contributed by atoms with Crippen molar-refractivity contribution in [2.24, 2.45) is 0 Å². The van der Waals surface area contributed by atoms with E-state index in [4.69, 9.17) is 4.74 Å². The van der Waals surface area contributed by atoms with Crippen LogP contribution in [-0.4, -0.2) is 27.8 Å². The van der Waals surface area contributed by atoms with Gasteiger partial charge < -0.3 is 10.1 Å². The summed E-state index contributed by atoms with van der Waals surface area (Å²) in [6.07, 6.45) is 0. The molecule has 6 nitrogen and oxygen atoms in total. The molecule has 1 N–H and O–H groups in total. The van der Waals surface area contributed by atoms with Gasteiger partial charge in [0.2, 0.25) is 5.82 Å². The van der Waals surface area contributed by atoms with Crippen LogP contribution in [0.2, 0.25) is 0 Å². The molecule has 1 aromatic heterocycles. The molecular weight excluding hydrogens is 412 g/mol. The van der Waals surface area contributed by atoms with Gasteiger partial charge in [-0.2, -0.15) is 0 Å². The van der Waals surface area contributed by atoms with E-state index in [0.717, 1.165) is 39.0 Å². The highest BCUT2D eigenvalue weighted by Gasteiger charge is 2.20. The number of benzene rings is 4. The van der Waals surface area contributed by atoms with Crippen molar-refractivity contribution in [3.63, 3.8) is 0 Å². The molecule has 162 valence electrons. The Bertz CT molecular complexity index is 1450. The van der Waals surface area contributed by atoms with E-state index in [-0.39, 0.29) is 11.7 Å². The number of nitrogens with one attached hydrogen (secondary N) is 1. The number of ether oxygens (including phenoxy) is 1. The smallest absolute Gasteiger partial charge is 0.295 e. The highest BCUT2D eigenvalue weighted by molar-refractivity contribution is 6.07. The zero-order chi connectivity index (χ0) is 22.8. The van der Waals surface area contributed by atoms with Crippen molar-refractivity contribution in [2.45, 2.75) is 6.92 Å². The maximum absolute atomic E-state index is 13.2. The third-order valence-corrected chi connectivity index (χ3v) is 5.44. The van der Waals surface area contributed by atoms with Crippen LogP contribution in [0.1, 0.15) is 16.2 Å². The molecule has 5 rings (SSSR count). The number of aromatic nitrogens is 3. The first kappa shape index (κ1) is 20.5. The average Bonchev–Trinajstić information content (AvgIpc) is 3.30. The number of nitrogens with zero attached hydrogens (tertiary/aromatic N) is 3. The maximum atomic E-state index is 13.2. The minimum absolute atomic E-state index is 0.0928. The van der Waals surface area contributed by atoms with Crippen LogP contribution in [0.3, 0.4) is 0 Å². The number of hydrogen-bond acceptors (Lipinski definition) is 4. The quantitative estimate of drug-likeness (QED) is 0.388. The maximum Gasteiger partial charge on any atom is 0.295 e. The fourth-order valence-corrected chi connectivity index (χ4v) is 3.80. The predicted octanol–water partition coefficient (Wildman–Crippen LogP) is 5.66. The topological polar surface area (TPSA) is 69.0 Å². The van der Waals surface area contributed by atoms with Gasteiger partial charge in [0.05, 0.1) is 12.8 Å². The van der Waals surface area contributed by atoms with Gasteiger partial charge in [-0.3, -0.25) is 4.79 Å². The second-order valence-corrected chi connectivity index (χ2v) is 7.72. The van der Waals surface area contributed by atoms with Crippen LogP contribution in [-0.2, 0) is 0 Å². The first-order valence-electron chi connectivity index (χ1n) is 10.6. The number of aryl methyl sites for hydroxylation is 1. The molecular formula is C27H22N4O2. The lowest BCUT2D eigenvalue weighted by atomic mass is 10.1. The molecule has 0 unspecified atom stereocenters. The molecule has 0 fully saturated rings. The number of anilines is 1. The SMILES string of the molecule is COc1ccc(-n2nc(C(=O)Nc3cccc4ccccc34)nc2-c2cccc(C)c2)cc1. The number of rotatable bonds is 5. The van der Waals surface area contributed by atoms with E-state index < -0.39 is 0 Å². The summed E-state index contributed by atoms with van der Waals surface area (Å²) in [6.45, 7) is 2.02. The van der Waals surface area contributed by atoms with Crippen LogP contribution >= 0.6 is 0 Å². The lowest BCUT2D eigenvalue weighted by Gasteiger charge is -2.07. The minimum atomic E-state index is -0.368. The number of hydrogen-bond donors (Lipinski definition) is 1. The number of methoxy groups -OCH3 is 1. The van der Waals surface area contributed by atoms with Gasteiger partial charge in [-0.15, -0.1) is 5.10 Å². The van der Waals surface area contributed by atoms with Gasteiger partial charge in [-0.1, -0.05) is 60.2 Å². The van der Waals surface area contributed by atoms with Gasteiger partial charge in [-0.25, -0.2) is 9.67 Å². The summed E-state index contributed by atoms with van der Waals surface area (Å²) in [5, 5.41) is 9.56. The monoisotopic (exact) mass is 434 g/mol. The van der Waals surface area contributed by atoms with E-state index in [0.29, 0.717) is 5.82 Å². The van der Waals surface area contributed by atoms with Crippen LogP contribution in [0.4, 0.5) is 5.69 Å². The molecule has 0 aliphatic carbocycles. The Labute approximate surface area is 191 Å². The lowest BCUT2D eigenvalue weighted by molar-refractivity contribution is 0.101. The summed E-state index contributed by atoms with van der Waals surface area (Å²) in [5.41, 5.74) is 3.47. The lowest BCUT2D eigenvalue weighted by Crippen LogP contribution is -2.14. The molecule has 5 aromatic rings. The standard InChI is InChI=1S/C27H22N4O2/c1-18-7-5-10-20(17-18)26-29-25(30-31(26)21-13-15-22(33-2)16-14-21)27(32)28-24-12-6-9-19-8-3-4-11-23(19)24/h3-17H,1-2H3,(H,28,32). The van der Waals surface area contributed by atoms with Crippen molar-refractivity contribution in [3.8, 4) is 22.8 Å². The fourth-order valence-electron chi connectivity index (χ4n) is 3.80. The van der Waals surface area contributed by atoms with Crippen molar-refractivity contribution in [2.75, 3.05) is 12.4 Å². The van der Waals surface area contributed by atoms with E-state index in [2.05, 4.69) is 15.4 Å². The normalized spacial score (nSPS) is 10.8. The summed E-state index contributed by atoms with van der Waals surface area (Å²) in [7, 11) is 1.62. The third-order valence-electron chi connectivity index (χ3n) is 5.44.